The Balaban J connectivity index is 1.55. The number of benzene rings is 1. The van der Waals surface area contributed by atoms with Crippen LogP contribution >= 0.6 is 23.1 Å². The lowest BCUT2D eigenvalue weighted by Gasteiger charge is -2.31. The van der Waals surface area contributed by atoms with Crippen LogP contribution in [-0.2, 0) is 17.8 Å². The van der Waals surface area contributed by atoms with E-state index in [1.54, 1.807) is 11.3 Å². The summed E-state index contributed by atoms with van der Waals surface area (Å²) < 4.78 is 2.09. The van der Waals surface area contributed by atoms with E-state index >= 15 is 0 Å². The number of aryl methyl sites for hydroxylation is 1. The Morgan fingerprint density at radius 2 is 2.11 bits per heavy atom. The minimum absolute atomic E-state index is 0.135. The van der Waals surface area contributed by atoms with E-state index in [4.69, 9.17) is 0 Å². The molecule has 0 fully saturated rings. The fraction of sp³-hybridized carbons (Fsp3) is 0.350. The van der Waals surface area contributed by atoms with Crippen molar-refractivity contribution >= 4 is 34.7 Å². The first-order valence-electron chi connectivity index (χ1n) is 9.22. The maximum absolute atomic E-state index is 13.1. The molecule has 27 heavy (non-hydrogen) atoms. The first-order valence-corrected chi connectivity index (χ1v) is 11.0. The normalized spacial score (nSPS) is 14.8. The largest absolute Gasteiger partial charge is 0.311 e. The summed E-state index contributed by atoms with van der Waals surface area (Å²) >= 11 is 3.14. The zero-order valence-electron chi connectivity index (χ0n) is 15.5. The number of para-hydroxylation sites is 1. The molecule has 0 saturated heterocycles. The maximum atomic E-state index is 13.1. The molecule has 140 valence electrons. The molecule has 3 heterocycles. The van der Waals surface area contributed by atoms with Gasteiger partial charge in [-0.1, -0.05) is 36.0 Å². The number of hydrogen-bond donors (Lipinski definition) is 0. The van der Waals surface area contributed by atoms with Gasteiger partial charge in [-0.15, -0.1) is 21.5 Å². The van der Waals surface area contributed by atoms with Crippen LogP contribution in [-0.4, -0.2) is 32.5 Å². The standard InChI is InChI=1S/C20H22N4OS2/c1-3-23-18(17-11-7-13-26-17)21-22-20(23)27-14(2)19(25)24-12-6-9-15-8-4-5-10-16(15)24/h4-5,7-8,10-11,13-14H,3,6,9,12H2,1-2H3. The van der Waals surface area contributed by atoms with Gasteiger partial charge in [-0.3, -0.25) is 4.79 Å². The predicted octanol–water partition coefficient (Wildman–Crippen LogP) is 4.49. The number of carbonyl (C=O) groups is 1. The Kier molecular flexibility index (Phi) is 5.31. The minimum Gasteiger partial charge on any atom is -0.311 e. The topological polar surface area (TPSA) is 51.0 Å². The summed E-state index contributed by atoms with van der Waals surface area (Å²) in [6, 6.07) is 12.3. The smallest absolute Gasteiger partial charge is 0.240 e. The van der Waals surface area contributed by atoms with Gasteiger partial charge in [-0.25, -0.2) is 0 Å². The molecule has 3 aromatic rings. The zero-order valence-corrected chi connectivity index (χ0v) is 17.1. The van der Waals surface area contributed by atoms with Crippen LogP contribution in [0.2, 0.25) is 0 Å². The highest BCUT2D eigenvalue weighted by Gasteiger charge is 2.28. The van der Waals surface area contributed by atoms with Crippen LogP contribution in [0.15, 0.2) is 46.9 Å². The molecule has 0 spiro atoms. The Bertz CT molecular complexity index is 935. The highest BCUT2D eigenvalue weighted by atomic mass is 32.2. The van der Waals surface area contributed by atoms with Crippen molar-refractivity contribution in [1.29, 1.82) is 0 Å². The van der Waals surface area contributed by atoms with Crippen molar-refractivity contribution in [1.82, 2.24) is 14.8 Å². The second-order valence-corrected chi connectivity index (χ2v) is 8.77. The third kappa shape index (κ3) is 3.53. The van der Waals surface area contributed by atoms with Gasteiger partial charge >= 0.3 is 0 Å². The molecule has 0 aliphatic carbocycles. The van der Waals surface area contributed by atoms with Gasteiger partial charge in [0, 0.05) is 18.8 Å². The molecule has 0 N–H and O–H groups in total. The molecular weight excluding hydrogens is 376 g/mol. The molecular formula is C20H22N4OS2. The molecule has 4 rings (SSSR count). The lowest BCUT2D eigenvalue weighted by atomic mass is 10.0. The van der Waals surface area contributed by atoms with Crippen molar-refractivity contribution in [2.24, 2.45) is 0 Å². The molecule has 1 aromatic carbocycles. The van der Waals surface area contributed by atoms with Gasteiger partial charge in [0.2, 0.25) is 5.91 Å². The SMILES string of the molecule is CCn1c(SC(C)C(=O)N2CCCc3ccccc32)nnc1-c1cccs1. The summed E-state index contributed by atoms with van der Waals surface area (Å²) in [7, 11) is 0. The quantitative estimate of drug-likeness (QED) is 0.594. The summed E-state index contributed by atoms with van der Waals surface area (Å²) in [6.07, 6.45) is 2.05. The number of fused-ring (bicyclic) bond motifs is 1. The van der Waals surface area contributed by atoms with E-state index in [-0.39, 0.29) is 11.2 Å². The van der Waals surface area contributed by atoms with E-state index < -0.39 is 0 Å². The molecule has 1 aliphatic rings. The van der Waals surface area contributed by atoms with E-state index in [9.17, 15) is 4.79 Å². The van der Waals surface area contributed by atoms with Gasteiger partial charge in [0.25, 0.3) is 0 Å². The number of thiophene rings is 1. The minimum atomic E-state index is -0.221. The molecule has 7 heteroatoms. The highest BCUT2D eigenvalue weighted by Crippen LogP contribution is 2.32. The van der Waals surface area contributed by atoms with E-state index in [0.717, 1.165) is 47.5 Å². The van der Waals surface area contributed by atoms with Crippen LogP contribution in [0.1, 0.15) is 25.8 Å². The highest BCUT2D eigenvalue weighted by molar-refractivity contribution is 8.00. The van der Waals surface area contributed by atoms with Crippen molar-refractivity contribution in [3.05, 3.63) is 47.3 Å². The molecule has 0 bridgehead atoms. The third-order valence-electron chi connectivity index (χ3n) is 4.78. The second kappa shape index (κ2) is 7.86. The van der Waals surface area contributed by atoms with Gasteiger partial charge in [0.15, 0.2) is 11.0 Å². The number of aromatic nitrogens is 3. The van der Waals surface area contributed by atoms with Crippen molar-refractivity contribution in [3.8, 4) is 10.7 Å². The number of rotatable bonds is 5. The molecule has 5 nitrogen and oxygen atoms in total. The summed E-state index contributed by atoms with van der Waals surface area (Å²) in [5, 5.41) is 11.4. The Labute approximate surface area is 167 Å². The lowest BCUT2D eigenvalue weighted by molar-refractivity contribution is -0.117. The molecule has 1 unspecified atom stereocenters. The molecule has 1 amide bonds. The van der Waals surface area contributed by atoms with Crippen LogP contribution in [0.4, 0.5) is 5.69 Å². The van der Waals surface area contributed by atoms with Crippen molar-refractivity contribution in [3.63, 3.8) is 0 Å². The number of thioether (sulfide) groups is 1. The van der Waals surface area contributed by atoms with Crippen LogP contribution in [0.25, 0.3) is 10.7 Å². The average Bonchev–Trinajstić information content (AvgIpc) is 3.36. The van der Waals surface area contributed by atoms with Crippen LogP contribution in [0.3, 0.4) is 0 Å². The van der Waals surface area contributed by atoms with Gasteiger partial charge in [-0.2, -0.15) is 0 Å². The van der Waals surface area contributed by atoms with Crippen LogP contribution in [0, 0.1) is 0 Å². The summed E-state index contributed by atoms with van der Waals surface area (Å²) in [5.74, 6) is 1.01. The third-order valence-corrected chi connectivity index (χ3v) is 6.71. The Hall–Kier alpha value is -2.12. The second-order valence-electron chi connectivity index (χ2n) is 6.51. The van der Waals surface area contributed by atoms with E-state index in [0.29, 0.717) is 0 Å². The van der Waals surface area contributed by atoms with E-state index in [1.807, 2.05) is 41.5 Å². The molecule has 2 aromatic heterocycles. The number of nitrogens with zero attached hydrogens (tertiary/aromatic N) is 4. The van der Waals surface area contributed by atoms with Gasteiger partial charge in [0.05, 0.1) is 10.1 Å². The van der Waals surface area contributed by atoms with Gasteiger partial charge < -0.3 is 9.47 Å². The van der Waals surface area contributed by atoms with Gasteiger partial charge in [-0.05, 0) is 49.8 Å². The molecule has 1 atom stereocenters. The Morgan fingerprint density at radius 1 is 1.26 bits per heavy atom. The fourth-order valence-corrected chi connectivity index (χ4v) is 5.13. The number of hydrogen-bond acceptors (Lipinski definition) is 5. The zero-order chi connectivity index (χ0) is 18.8. The molecule has 0 radical (unpaired) electrons. The first kappa shape index (κ1) is 18.3. The van der Waals surface area contributed by atoms with E-state index in [2.05, 4.69) is 33.8 Å². The Morgan fingerprint density at radius 3 is 2.89 bits per heavy atom. The number of carbonyl (C=O) groups excluding carboxylic acids is 1. The van der Waals surface area contributed by atoms with Crippen molar-refractivity contribution < 1.29 is 4.79 Å². The van der Waals surface area contributed by atoms with Crippen molar-refractivity contribution in [2.75, 3.05) is 11.4 Å². The number of amides is 1. The van der Waals surface area contributed by atoms with E-state index in [1.165, 1.54) is 17.3 Å². The van der Waals surface area contributed by atoms with Crippen molar-refractivity contribution in [2.45, 2.75) is 43.6 Å². The maximum Gasteiger partial charge on any atom is 0.240 e. The summed E-state index contributed by atoms with van der Waals surface area (Å²) in [6.45, 7) is 5.60. The van der Waals surface area contributed by atoms with Gasteiger partial charge in [0.1, 0.15) is 0 Å². The van der Waals surface area contributed by atoms with Crippen LogP contribution < -0.4 is 4.90 Å². The molecule has 0 saturated carbocycles. The predicted molar refractivity (Wildman–Crippen MR) is 111 cm³/mol. The monoisotopic (exact) mass is 398 g/mol. The summed E-state index contributed by atoms with van der Waals surface area (Å²) in [5.41, 5.74) is 2.31. The number of anilines is 1. The first-order chi connectivity index (χ1) is 13.2. The summed E-state index contributed by atoms with van der Waals surface area (Å²) in [4.78, 5) is 16.2. The average molecular weight is 399 g/mol. The fourth-order valence-electron chi connectivity index (χ4n) is 3.44. The van der Waals surface area contributed by atoms with Crippen LogP contribution in [0.5, 0.6) is 0 Å². The lowest BCUT2D eigenvalue weighted by Crippen LogP contribution is -2.40. The molecule has 1 aliphatic heterocycles.